The third kappa shape index (κ3) is 2.04. The van der Waals surface area contributed by atoms with E-state index in [2.05, 4.69) is 19.1 Å². The van der Waals surface area contributed by atoms with Crippen molar-refractivity contribution in [2.75, 3.05) is 14.2 Å². The number of fused-ring (bicyclic) bond motifs is 5. The van der Waals surface area contributed by atoms with Crippen LogP contribution in [0, 0.1) is 17.3 Å². The van der Waals surface area contributed by atoms with Crippen LogP contribution < -0.4 is 4.74 Å². The van der Waals surface area contributed by atoms with E-state index in [0.29, 0.717) is 18.3 Å². The first-order valence-electron chi connectivity index (χ1n) is 8.93. The minimum atomic E-state index is -0.367. The number of hydrogen-bond acceptors (Lipinski definition) is 3. The van der Waals surface area contributed by atoms with Crippen LogP contribution in [0.4, 0.5) is 0 Å². The molecule has 2 fully saturated rings. The summed E-state index contributed by atoms with van der Waals surface area (Å²) in [5.41, 5.74) is 2.42. The Kier molecular flexibility index (Phi) is 3.48. The van der Waals surface area contributed by atoms with Crippen molar-refractivity contribution < 1.29 is 14.3 Å². The molecule has 1 aromatic rings. The van der Waals surface area contributed by atoms with Crippen LogP contribution in [-0.4, -0.2) is 30.9 Å². The van der Waals surface area contributed by atoms with Gasteiger partial charge in [-0.15, -0.1) is 0 Å². The molecule has 1 heterocycles. The van der Waals surface area contributed by atoms with Crippen LogP contribution in [0.5, 0.6) is 5.75 Å². The quantitative estimate of drug-likeness (QED) is 0.745. The fourth-order valence-corrected chi connectivity index (χ4v) is 5.47. The highest BCUT2D eigenvalue weighted by molar-refractivity contribution is 6.00. The molecule has 0 bridgehead atoms. The largest absolute Gasteiger partial charge is 0.497 e. The Labute approximate surface area is 143 Å². The number of hydrogen-bond donors (Lipinski definition) is 0. The van der Waals surface area contributed by atoms with Crippen molar-refractivity contribution in [3.63, 3.8) is 0 Å². The maximum absolute atomic E-state index is 12.8. The molecule has 2 amide bonds. The lowest BCUT2D eigenvalue weighted by Crippen LogP contribution is -2.58. The Balaban J connectivity index is 1.70. The summed E-state index contributed by atoms with van der Waals surface area (Å²) in [7, 11) is 3.34. The normalized spacial score (nSPS) is 35.1. The zero-order valence-electron chi connectivity index (χ0n) is 14.7. The van der Waals surface area contributed by atoms with Crippen LogP contribution in [0.2, 0.25) is 0 Å². The molecule has 0 spiro atoms. The second-order valence-corrected chi connectivity index (χ2v) is 7.90. The molecule has 4 unspecified atom stereocenters. The van der Waals surface area contributed by atoms with Gasteiger partial charge in [0.1, 0.15) is 5.75 Å². The average Bonchev–Trinajstić information content (AvgIpc) is 2.60. The van der Waals surface area contributed by atoms with Gasteiger partial charge in [0.2, 0.25) is 11.8 Å². The summed E-state index contributed by atoms with van der Waals surface area (Å²) in [6.07, 6.45) is 4.50. The Morgan fingerprint density at radius 1 is 1.25 bits per heavy atom. The molecule has 4 atom stereocenters. The van der Waals surface area contributed by atoms with Crippen LogP contribution in [0.25, 0.3) is 0 Å². The van der Waals surface area contributed by atoms with Gasteiger partial charge in [0.25, 0.3) is 0 Å². The molecular weight excluding hydrogens is 302 g/mol. The summed E-state index contributed by atoms with van der Waals surface area (Å²) in [6, 6.07) is 6.40. The molecule has 3 aliphatic rings. The molecule has 4 rings (SSSR count). The van der Waals surface area contributed by atoms with Gasteiger partial charge in [-0.05, 0) is 66.7 Å². The molecule has 1 saturated carbocycles. The van der Waals surface area contributed by atoms with Crippen molar-refractivity contribution in [1.82, 2.24) is 4.90 Å². The number of nitrogens with zero attached hydrogens (tertiary/aromatic N) is 1. The molecule has 1 aliphatic heterocycles. The molecule has 24 heavy (non-hydrogen) atoms. The lowest BCUT2D eigenvalue weighted by molar-refractivity contribution is -0.165. The summed E-state index contributed by atoms with van der Waals surface area (Å²) in [6.45, 7) is 2.09. The number of ether oxygens (including phenoxy) is 1. The maximum Gasteiger partial charge on any atom is 0.235 e. The SMILES string of the molecule is COc1ccc2c(c1)CCC1C2CCC2(C)C(=O)N(C)C(=O)CC12. The first-order chi connectivity index (χ1) is 11.5. The van der Waals surface area contributed by atoms with E-state index < -0.39 is 0 Å². The molecular formula is C20H25NO3. The minimum Gasteiger partial charge on any atom is -0.497 e. The van der Waals surface area contributed by atoms with Gasteiger partial charge in [0, 0.05) is 13.5 Å². The number of rotatable bonds is 1. The highest BCUT2D eigenvalue weighted by Gasteiger charge is 2.56. The topological polar surface area (TPSA) is 46.6 Å². The number of carbonyl (C=O) groups excluding carboxylic acids is 2. The van der Waals surface area contributed by atoms with Crippen molar-refractivity contribution in [3.8, 4) is 5.75 Å². The fourth-order valence-electron chi connectivity index (χ4n) is 5.47. The second kappa shape index (κ2) is 5.33. The molecule has 128 valence electrons. The van der Waals surface area contributed by atoms with Crippen molar-refractivity contribution in [2.45, 2.75) is 44.9 Å². The summed E-state index contributed by atoms with van der Waals surface area (Å²) in [4.78, 5) is 26.4. The minimum absolute atomic E-state index is 0.0105. The lowest BCUT2D eigenvalue weighted by Gasteiger charge is -2.54. The van der Waals surface area contributed by atoms with Gasteiger partial charge in [-0.3, -0.25) is 14.5 Å². The average molecular weight is 327 g/mol. The predicted octanol–water partition coefficient (Wildman–Crippen LogP) is 3.15. The Hall–Kier alpha value is -1.84. The molecule has 1 saturated heterocycles. The highest BCUT2D eigenvalue weighted by atomic mass is 16.5. The Morgan fingerprint density at radius 3 is 2.79 bits per heavy atom. The van der Waals surface area contributed by atoms with Crippen LogP contribution in [0.15, 0.2) is 18.2 Å². The number of imide groups is 1. The zero-order chi connectivity index (χ0) is 17.1. The van der Waals surface area contributed by atoms with E-state index in [1.54, 1.807) is 14.2 Å². The number of amides is 2. The van der Waals surface area contributed by atoms with E-state index >= 15 is 0 Å². The molecule has 1 aromatic carbocycles. The van der Waals surface area contributed by atoms with Gasteiger partial charge >= 0.3 is 0 Å². The predicted molar refractivity (Wildman–Crippen MR) is 90.8 cm³/mol. The van der Waals surface area contributed by atoms with Gasteiger partial charge in [0.05, 0.1) is 12.5 Å². The van der Waals surface area contributed by atoms with Crippen LogP contribution in [-0.2, 0) is 16.0 Å². The molecule has 0 N–H and O–H groups in total. The Morgan fingerprint density at radius 2 is 2.04 bits per heavy atom. The van der Waals surface area contributed by atoms with Gasteiger partial charge in [-0.25, -0.2) is 0 Å². The van der Waals surface area contributed by atoms with Gasteiger partial charge < -0.3 is 4.74 Å². The van der Waals surface area contributed by atoms with E-state index in [9.17, 15) is 9.59 Å². The number of carbonyl (C=O) groups is 2. The number of methoxy groups -OCH3 is 1. The summed E-state index contributed by atoms with van der Waals surface area (Å²) < 4.78 is 5.36. The van der Waals surface area contributed by atoms with Crippen molar-refractivity contribution >= 4 is 11.8 Å². The van der Waals surface area contributed by atoms with Gasteiger partial charge in [0.15, 0.2) is 0 Å². The fraction of sp³-hybridized carbons (Fsp3) is 0.600. The van der Waals surface area contributed by atoms with E-state index in [1.165, 1.54) is 16.0 Å². The third-order valence-corrected chi connectivity index (χ3v) is 6.89. The number of benzene rings is 1. The van der Waals surface area contributed by atoms with E-state index in [4.69, 9.17) is 4.74 Å². The number of piperidine rings is 1. The van der Waals surface area contributed by atoms with Crippen LogP contribution in [0.3, 0.4) is 0 Å². The molecule has 4 nitrogen and oxygen atoms in total. The first-order valence-corrected chi connectivity index (χ1v) is 8.93. The number of likely N-dealkylation sites (tertiary alicyclic amines) is 1. The smallest absolute Gasteiger partial charge is 0.235 e. The van der Waals surface area contributed by atoms with E-state index in [1.807, 2.05) is 6.07 Å². The van der Waals surface area contributed by atoms with Crippen molar-refractivity contribution in [2.24, 2.45) is 17.3 Å². The molecule has 4 heteroatoms. The summed E-state index contributed by atoms with van der Waals surface area (Å²) in [5, 5.41) is 0. The van der Waals surface area contributed by atoms with Crippen LogP contribution in [0.1, 0.15) is 49.7 Å². The lowest BCUT2D eigenvalue weighted by atomic mass is 9.52. The number of aryl methyl sites for hydroxylation is 1. The second-order valence-electron chi connectivity index (χ2n) is 7.90. The van der Waals surface area contributed by atoms with Crippen molar-refractivity contribution in [3.05, 3.63) is 29.3 Å². The standard InChI is InChI=1S/C20H25NO3/c1-20-9-8-15-14-7-5-13(24-3)10-12(14)4-6-16(15)17(20)11-18(22)21(2)19(20)23/h5,7,10,15-17H,4,6,8-9,11H2,1-3H3. The molecule has 2 aliphatic carbocycles. The summed E-state index contributed by atoms with van der Waals surface area (Å²) in [5.74, 6) is 2.03. The molecule has 0 radical (unpaired) electrons. The van der Waals surface area contributed by atoms with Crippen molar-refractivity contribution in [1.29, 1.82) is 0 Å². The van der Waals surface area contributed by atoms with Crippen LogP contribution >= 0.6 is 0 Å². The van der Waals surface area contributed by atoms with Gasteiger partial charge in [-0.2, -0.15) is 0 Å². The van der Waals surface area contributed by atoms with E-state index in [0.717, 1.165) is 31.4 Å². The molecule has 0 aromatic heterocycles. The maximum atomic E-state index is 12.8. The first kappa shape index (κ1) is 15.7. The third-order valence-electron chi connectivity index (χ3n) is 6.89. The monoisotopic (exact) mass is 327 g/mol. The van der Waals surface area contributed by atoms with E-state index in [-0.39, 0.29) is 23.1 Å². The zero-order valence-corrected chi connectivity index (χ0v) is 14.7. The highest BCUT2D eigenvalue weighted by Crippen LogP contribution is 2.57. The Bertz CT molecular complexity index is 713. The summed E-state index contributed by atoms with van der Waals surface area (Å²) >= 11 is 0. The van der Waals surface area contributed by atoms with Gasteiger partial charge in [-0.1, -0.05) is 13.0 Å².